The Kier molecular flexibility index (Phi) is 3.32. The standard InChI is InChI=1S/C14H18BrNO2/c15-10-6-11(9-16-8-10)18-13-7-12(17)14(13)4-2-1-3-5-14/h6,8-9,12-13,17H,1-5,7H2. The first-order chi connectivity index (χ1) is 8.71. The third-order valence-corrected chi connectivity index (χ3v) is 4.92. The maximum absolute atomic E-state index is 10.1. The smallest absolute Gasteiger partial charge is 0.139 e. The Balaban J connectivity index is 1.73. The number of aliphatic hydroxyl groups is 1. The molecule has 18 heavy (non-hydrogen) atoms. The van der Waals surface area contributed by atoms with Gasteiger partial charge in [0.1, 0.15) is 11.9 Å². The lowest BCUT2D eigenvalue weighted by atomic mass is 9.56. The van der Waals surface area contributed by atoms with E-state index < -0.39 is 0 Å². The van der Waals surface area contributed by atoms with Crippen molar-refractivity contribution in [2.24, 2.45) is 5.41 Å². The van der Waals surface area contributed by atoms with E-state index in [1.54, 1.807) is 12.4 Å². The van der Waals surface area contributed by atoms with Gasteiger partial charge in [0.2, 0.25) is 0 Å². The molecule has 0 saturated heterocycles. The van der Waals surface area contributed by atoms with E-state index in [9.17, 15) is 5.11 Å². The lowest BCUT2D eigenvalue weighted by molar-refractivity contribution is -0.172. The second kappa shape index (κ2) is 4.82. The van der Waals surface area contributed by atoms with Crippen molar-refractivity contribution in [2.45, 2.75) is 50.7 Å². The van der Waals surface area contributed by atoms with E-state index in [0.29, 0.717) is 0 Å². The first-order valence-corrected chi connectivity index (χ1v) is 7.45. The first kappa shape index (κ1) is 12.4. The molecule has 1 aromatic heterocycles. The van der Waals surface area contributed by atoms with Gasteiger partial charge in [0.15, 0.2) is 0 Å². The van der Waals surface area contributed by atoms with Gasteiger partial charge in [-0.15, -0.1) is 0 Å². The largest absolute Gasteiger partial charge is 0.488 e. The maximum Gasteiger partial charge on any atom is 0.139 e. The molecule has 0 bridgehead atoms. The van der Waals surface area contributed by atoms with E-state index in [1.807, 2.05) is 6.07 Å². The Morgan fingerprint density at radius 3 is 2.72 bits per heavy atom. The summed E-state index contributed by atoms with van der Waals surface area (Å²) in [7, 11) is 0. The summed E-state index contributed by atoms with van der Waals surface area (Å²) in [5.41, 5.74) is 0.0145. The van der Waals surface area contributed by atoms with Crippen LogP contribution in [0.25, 0.3) is 0 Å². The monoisotopic (exact) mass is 311 g/mol. The van der Waals surface area contributed by atoms with Crippen LogP contribution in [0.1, 0.15) is 38.5 Å². The van der Waals surface area contributed by atoms with Gasteiger partial charge in [0, 0.05) is 22.5 Å². The average Bonchev–Trinajstić information content (AvgIpc) is 2.39. The Hall–Kier alpha value is -0.610. The molecule has 1 heterocycles. The molecule has 1 aromatic rings. The van der Waals surface area contributed by atoms with Crippen molar-refractivity contribution in [3.63, 3.8) is 0 Å². The fourth-order valence-electron chi connectivity index (χ4n) is 3.38. The molecule has 2 atom stereocenters. The summed E-state index contributed by atoms with van der Waals surface area (Å²) in [6, 6.07) is 1.94. The van der Waals surface area contributed by atoms with Gasteiger partial charge in [-0.05, 0) is 34.8 Å². The SMILES string of the molecule is OC1CC(Oc2cncc(Br)c2)C12CCCCC2. The third-order valence-electron chi connectivity index (χ3n) is 4.48. The van der Waals surface area contributed by atoms with Crippen LogP contribution in [0.3, 0.4) is 0 Å². The Morgan fingerprint density at radius 1 is 1.28 bits per heavy atom. The molecule has 2 aliphatic rings. The van der Waals surface area contributed by atoms with Crippen LogP contribution in [0.4, 0.5) is 0 Å². The Labute approximate surface area is 116 Å². The summed E-state index contributed by atoms with van der Waals surface area (Å²) in [5, 5.41) is 10.1. The van der Waals surface area contributed by atoms with Crippen LogP contribution >= 0.6 is 15.9 Å². The molecule has 2 fully saturated rings. The van der Waals surface area contributed by atoms with Gasteiger partial charge in [0.05, 0.1) is 12.3 Å². The van der Waals surface area contributed by atoms with E-state index >= 15 is 0 Å². The number of aliphatic hydroxyl groups excluding tert-OH is 1. The van der Waals surface area contributed by atoms with E-state index in [0.717, 1.165) is 29.5 Å². The number of aromatic nitrogens is 1. The molecule has 2 unspecified atom stereocenters. The van der Waals surface area contributed by atoms with Gasteiger partial charge in [-0.25, -0.2) is 0 Å². The molecule has 0 aromatic carbocycles. The summed E-state index contributed by atoms with van der Waals surface area (Å²) < 4.78 is 6.97. The maximum atomic E-state index is 10.1. The summed E-state index contributed by atoms with van der Waals surface area (Å²) in [4.78, 5) is 4.11. The van der Waals surface area contributed by atoms with Gasteiger partial charge in [-0.2, -0.15) is 0 Å². The van der Waals surface area contributed by atoms with Gasteiger partial charge in [-0.3, -0.25) is 4.98 Å². The molecular formula is C14H18BrNO2. The van der Waals surface area contributed by atoms with E-state index in [2.05, 4.69) is 20.9 Å². The van der Waals surface area contributed by atoms with Crippen LogP contribution in [0.2, 0.25) is 0 Å². The summed E-state index contributed by atoms with van der Waals surface area (Å²) in [6.07, 6.45) is 10.1. The van der Waals surface area contributed by atoms with Crippen molar-refractivity contribution >= 4 is 15.9 Å². The second-order valence-corrected chi connectivity index (χ2v) is 6.41. The van der Waals surface area contributed by atoms with Gasteiger partial charge >= 0.3 is 0 Å². The molecule has 0 radical (unpaired) electrons. The van der Waals surface area contributed by atoms with Crippen molar-refractivity contribution in [3.8, 4) is 5.75 Å². The van der Waals surface area contributed by atoms with Crippen LogP contribution in [-0.4, -0.2) is 22.3 Å². The topological polar surface area (TPSA) is 42.4 Å². The highest BCUT2D eigenvalue weighted by Gasteiger charge is 2.56. The number of pyridine rings is 1. The van der Waals surface area contributed by atoms with Crippen LogP contribution in [-0.2, 0) is 0 Å². The molecule has 0 aliphatic heterocycles. The summed E-state index contributed by atoms with van der Waals surface area (Å²) >= 11 is 3.40. The fraction of sp³-hybridized carbons (Fsp3) is 0.643. The van der Waals surface area contributed by atoms with Crippen LogP contribution in [0.5, 0.6) is 5.75 Å². The molecule has 2 aliphatic carbocycles. The summed E-state index contributed by atoms with van der Waals surface area (Å²) in [6.45, 7) is 0. The molecule has 3 nitrogen and oxygen atoms in total. The highest BCUT2D eigenvalue weighted by molar-refractivity contribution is 9.10. The lowest BCUT2D eigenvalue weighted by Gasteiger charge is -2.55. The molecule has 98 valence electrons. The highest BCUT2D eigenvalue weighted by atomic mass is 79.9. The number of hydrogen-bond acceptors (Lipinski definition) is 3. The predicted molar refractivity (Wildman–Crippen MR) is 72.5 cm³/mol. The molecule has 2 saturated carbocycles. The van der Waals surface area contributed by atoms with Gasteiger partial charge in [-0.1, -0.05) is 19.3 Å². The second-order valence-electron chi connectivity index (χ2n) is 5.49. The third kappa shape index (κ3) is 2.05. The molecule has 1 spiro atoms. The van der Waals surface area contributed by atoms with E-state index in [4.69, 9.17) is 4.74 Å². The van der Waals surface area contributed by atoms with E-state index in [-0.39, 0.29) is 17.6 Å². The average molecular weight is 312 g/mol. The predicted octanol–water partition coefficient (Wildman–Crippen LogP) is 3.31. The van der Waals surface area contributed by atoms with Crippen molar-refractivity contribution < 1.29 is 9.84 Å². The van der Waals surface area contributed by atoms with Crippen LogP contribution < -0.4 is 4.74 Å². The normalized spacial score (nSPS) is 29.9. The zero-order chi connectivity index (χ0) is 12.6. The van der Waals surface area contributed by atoms with Crippen molar-refractivity contribution in [2.75, 3.05) is 0 Å². The summed E-state index contributed by atoms with van der Waals surface area (Å²) in [5.74, 6) is 0.797. The quantitative estimate of drug-likeness (QED) is 0.911. The minimum Gasteiger partial charge on any atom is -0.488 e. The molecule has 1 N–H and O–H groups in total. The van der Waals surface area contributed by atoms with Crippen molar-refractivity contribution in [3.05, 3.63) is 22.9 Å². The fourth-order valence-corrected chi connectivity index (χ4v) is 3.72. The Morgan fingerprint density at radius 2 is 2.06 bits per heavy atom. The zero-order valence-electron chi connectivity index (χ0n) is 10.3. The number of nitrogens with zero attached hydrogens (tertiary/aromatic N) is 1. The van der Waals surface area contributed by atoms with Crippen LogP contribution in [0, 0.1) is 5.41 Å². The minimum absolute atomic E-state index is 0.0145. The van der Waals surface area contributed by atoms with Crippen LogP contribution in [0.15, 0.2) is 22.9 Å². The van der Waals surface area contributed by atoms with E-state index in [1.165, 1.54) is 19.3 Å². The minimum atomic E-state index is -0.178. The Bertz CT molecular complexity index is 432. The number of ether oxygens (including phenoxy) is 1. The van der Waals surface area contributed by atoms with Gasteiger partial charge in [0.25, 0.3) is 0 Å². The zero-order valence-corrected chi connectivity index (χ0v) is 11.9. The molecule has 0 amide bonds. The molecular weight excluding hydrogens is 294 g/mol. The van der Waals surface area contributed by atoms with Gasteiger partial charge < -0.3 is 9.84 Å². The number of hydrogen-bond donors (Lipinski definition) is 1. The molecule has 3 rings (SSSR count). The van der Waals surface area contributed by atoms with Crippen molar-refractivity contribution in [1.82, 2.24) is 4.98 Å². The van der Waals surface area contributed by atoms with Crippen molar-refractivity contribution in [1.29, 1.82) is 0 Å². The number of rotatable bonds is 2. The lowest BCUT2D eigenvalue weighted by Crippen LogP contribution is -2.60. The molecule has 4 heteroatoms. The number of halogens is 1. The highest BCUT2D eigenvalue weighted by Crippen LogP contribution is 2.53. The first-order valence-electron chi connectivity index (χ1n) is 6.66.